The lowest BCUT2D eigenvalue weighted by Gasteiger charge is -2.40. The summed E-state index contributed by atoms with van der Waals surface area (Å²) in [6, 6.07) is 10.5. The van der Waals surface area contributed by atoms with Crippen molar-refractivity contribution in [3.05, 3.63) is 64.2 Å². The van der Waals surface area contributed by atoms with Gasteiger partial charge in [-0.1, -0.05) is 24.3 Å². The van der Waals surface area contributed by atoms with Crippen LogP contribution in [0.15, 0.2) is 36.4 Å². The van der Waals surface area contributed by atoms with Gasteiger partial charge in [0.25, 0.3) is 0 Å². The maximum atomic E-state index is 12.0. The molecule has 3 rings (SSSR count). The molecule has 0 spiro atoms. The summed E-state index contributed by atoms with van der Waals surface area (Å²) in [6.07, 6.45) is -4.92. The van der Waals surface area contributed by atoms with E-state index in [2.05, 4.69) is 10.6 Å². The molecule has 12 heteroatoms. The molecule has 1 heterocycles. The van der Waals surface area contributed by atoms with Crippen LogP contribution in [0.4, 0.5) is 4.79 Å². The first kappa shape index (κ1) is 31.7. The van der Waals surface area contributed by atoms with E-state index in [-0.39, 0.29) is 11.3 Å². The number of benzene rings is 2. The summed E-state index contributed by atoms with van der Waals surface area (Å²) in [6.45, 7) is -0.168. The summed E-state index contributed by atoms with van der Waals surface area (Å²) in [4.78, 5) is 12.0. The smallest absolute Gasteiger partial charge is 0.315 e. The Morgan fingerprint density at radius 1 is 0.925 bits per heavy atom. The van der Waals surface area contributed by atoms with Gasteiger partial charge in [0.1, 0.15) is 41.8 Å². The molecule has 0 radical (unpaired) electrons. The van der Waals surface area contributed by atoms with Gasteiger partial charge < -0.3 is 56.2 Å². The molecule has 0 saturated carbocycles. The van der Waals surface area contributed by atoms with Crippen molar-refractivity contribution in [2.24, 2.45) is 0 Å². The van der Waals surface area contributed by atoms with Crippen molar-refractivity contribution in [1.29, 1.82) is 0 Å². The first-order valence-corrected chi connectivity index (χ1v) is 13.2. The highest BCUT2D eigenvalue weighted by Gasteiger charge is 2.44. The van der Waals surface area contributed by atoms with Crippen LogP contribution in [0.2, 0.25) is 0 Å². The average Bonchev–Trinajstić information content (AvgIpc) is 2.95. The van der Waals surface area contributed by atoms with Crippen molar-refractivity contribution < 1.29 is 50.4 Å². The molecule has 5 atom stereocenters. The monoisotopic (exact) mass is 564 g/mol. The van der Waals surface area contributed by atoms with E-state index in [0.717, 1.165) is 22.3 Å². The lowest BCUT2D eigenvalue weighted by molar-refractivity contribution is -0.232. The van der Waals surface area contributed by atoms with Crippen LogP contribution in [0.5, 0.6) is 5.75 Å². The zero-order valence-electron chi connectivity index (χ0n) is 22.4. The third-order valence-electron chi connectivity index (χ3n) is 7.32. The number of aromatic hydroxyl groups is 1. The van der Waals surface area contributed by atoms with Crippen LogP contribution in [0.25, 0.3) is 0 Å². The van der Waals surface area contributed by atoms with Gasteiger partial charge in [-0.15, -0.1) is 0 Å². The molecular weight excluding hydrogens is 524 g/mol. The van der Waals surface area contributed by atoms with Crippen LogP contribution in [-0.4, -0.2) is 110 Å². The molecule has 10 N–H and O–H groups in total. The molecule has 222 valence electrons. The molecule has 1 aliphatic heterocycles. The van der Waals surface area contributed by atoms with Gasteiger partial charge in [-0.05, 0) is 60.6 Å². The number of hydrogen-bond donors (Lipinski definition) is 10. The molecule has 1 fully saturated rings. The number of aliphatic hydroxyl groups excluding tert-OH is 7. The van der Waals surface area contributed by atoms with Crippen molar-refractivity contribution in [2.75, 3.05) is 33.0 Å². The van der Waals surface area contributed by atoms with E-state index in [0.29, 0.717) is 25.8 Å². The summed E-state index contributed by atoms with van der Waals surface area (Å²) in [5, 5.41) is 83.7. The molecule has 40 heavy (non-hydrogen) atoms. The third-order valence-corrected chi connectivity index (χ3v) is 7.32. The standard InChI is InChI=1S/C28H40N2O10/c1-16-9-21(35)20(26-25(38)24(37)23(36)22(12-31)40-26)11-19(16)10-18-6-4-17(5-7-18)3-2-8-29-27(39)30-28(13-32,14-33)15-34/h4-7,9,11,22-26,31-38H,2-3,8,10,12-15H2,1H3,(H2,29,30,39)/t22-,23-,24+,25-,26+/m1/s1. The molecular formula is C28H40N2O10. The normalized spacial score (nSPS) is 23.1. The van der Waals surface area contributed by atoms with Crippen molar-refractivity contribution in [3.63, 3.8) is 0 Å². The predicted molar refractivity (Wildman–Crippen MR) is 144 cm³/mol. The van der Waals surface area contributed by atoms with Crippen LogP contribution >= 0.6 is 0 Å². The number of aliphatic hydroxyl groups is 7. The predicted octanol–water partition coefficient (Wildman–Crippen LogP) is -1.25. The summed E-state index contributed by atoms with van der Waals surface area (Å²) in [7, 11) is 0. The molecule has 1 saturated heterocycles. The minimum absolute atomic E-state index is 0.127. The molecule has 0 bridgehead atoms. The number of phenols is 1. The van der Waals surface area contributed by atoms with E-state index < -0.39 is 68.5 Å². The zero-order valence-corrected chi connectivity index (χ0v) is 22.4. The first-order valence-electron chi connectivity index (χ1n) is 13.2. The number of hydrogen-bond acceptors (Lipinski definition) is 10. The Morgan fingerprint density at radius 2 is 1.55 bits per heavy atom. The van der Waals surface area contributed by atoms with Crippen molar-refractivity contribution >= 4 is 6.03 Å². The summed E-state index contributed by atoms with van der Waals surface area (Å²) < 4.78 is 5.63. The summed E-state index contributed by atoms with van der Waals surface area (Å²) in [5.74, 6) is -0.127. The second-order valence-corrected chi connectivity index (χ2v) is 10.3. The van der Waals surface area contributed by atoms with Gasteiger partial charge in [0, 0.05) is 12.1 Å². The Morgan fingerprint density at radius 3 is 2.15 bits per heavy atom. The van der Waals surface area contributed by atoms with E-state index >= 15 is 0 Å². The number of aryl methyl sites for hydroxylation is 2. The van der Waals surface area contributed by atoms with Gasteiger partial charge >= 0.3 is 6.03 Å². The van der Waals surface area contributed by atoms with E-state index in [1.807, 2.05) is 31.2 Å². The number of rotatable bonds is 12. The van der Waals surface area contributed by atoms with Gasteiger partial charge in [-0.2, -0.15) is 0 Å². The first-order chi connectivity index (χ1) is 19.1. The van der Waals surface area contributed by atoms with Crippen LogP contribution in [0, 0.1) is 6.92 Å². The summed E-state index contributed by atoms with van der Waals surface area (Å²) >= 11 is 0. The fourth-order valence-corrected chi connectivity index (χ4v) is 4.63. The highest BCUT2D eigenvalue weighted by Crippen LogP contribution is 2.38. The minimum atomic E-state index is -1.55. The number of ether oxygens (including phenoxy) is 1. The van der Waals surface area contributed by atoms with Crippen molar-refractivity contribution in [1.82, 2.24) is 10.6 Å². The Hall–Kier alpha value is -2.81. The SMILES string of the molecule is Cc1cc(O)c([C@@H]2O[C@H](CO)[C@@H](O)[C@H](O)[C@H]2O)cc1Cc1ccc(CCCNC(=O)NC(CO)(CO)CO)cc1. The van der Waals surface area contributed by atoms with E-state index in [9.17, 15) is 45.6 Å². The topological polar surface area (TPSA) is 212 Å². The number of amides is 2. The van der Waals surface area contributed by atoms with Crippen LogP contribution in [-0.2, 0) is 17.6 Å². The molecule has 2 aromatic carbocycles. The second kappa shape index (κ2) is 14.2. The highest BCUT2D eigenvalue weighted by molar-refractivity contribution is 5.74. The fraction of sp³-hybridized carbons (Fsp3) is 0.536. The Labute approximate surface area is 232 Å². The quantitative estimate of drug-likeness (QED) is 0.138. The number of phenolic OH excluding ortho intramolecular Hbond substituents is 1. The summed E-state index contributed by atoms with van der Waals surface area (Å²) in [5.41, 5.74) is 2.48. The zero-order chi connectivity index (χ0) is 29.4. The third kappa shape index (κ3) is 7.47. The Bertz CT molecular complexity index is 1100. The molecule has 0 unspecified atom stereocenters. The average molecular weight is 565 g/mol. The number of nitrogens with one attached hydrogen (secondary N) is 2. The lowest BCUT2D eigenvalue weighted by Crippen LogP contribution is -2.59. The number of urea groups is 1. The molecule has 1 aliphatic rings. The molecule has 2 aromatic rings. The molecule has 0 aliphatic carbocycles. The van der Waals surface area contributed by atoms with Crippen LogP contribution in [0.3, 0.4) is 0 Å². The van der Waals surface area contributed by atoms with Crippen molar-refractivity contribution in [2.45, 2.75) is 62.2 Å². The van der Waals surface area contributed by atoms with E-state index in [1.165, 1.54) is 0 Å². The Kier molecular flexibility index (Phi) is 11.3. The maximum Gasteiger partial charge on any atom is 0.315 e. The second-order valence-electron chi connectivity index (χ2n) is 10.3. The van der Waals surface area contributed by atoms with Gasteiger partial charge in [0.05, 0.1) is 26.4 Å². The van der Waals surface area contributed by atoms with E-state index in [1.54, 1.807) is 12.1 Å². The van der Waals surface area contributed by atoms with E-state index in [4.69, 9.17) is 4.74 Å². The molecule has 0 aromatic heterocycles. The Balaban J connectivity index is 1.59. The van der Waals surface area contributed by atoms with Crippen LogP contribution in [0.1, 0.15) is 40.3 Å². The van der Waals surface area contributed by atoms with Gasteiger partial charge in [0.15, 0.2) is 0 Å². The minimum Gasteiger partial charge on any atom is -0.508 e. The maximum absolute atomic E-state index is 12.0. The molecule has 2 amide bonds. The van der Waals surface area contributed by atoms with Crippen LogP contribution < -0.4 is 10.6 Å². The largest absolute Gasteiger partial charge is 0.508 e. The number of carbonyl (C=O) groups is 1. The van der Waals surface area contributed by atoms with Gasteiger partial charge in [0.2, 0.25) is 0 Å². The van der Waals surface area contributed by atoms with Gasteiger partial charge in [-0.25, -0.2) is 4.79 Å². The number of carbonyl (C=O) groups excluding carboxylic acids is 1. The van der Waals surface area contributed by atoms with Crippen molar-refractivity contribution in [3.8, 4) is 5.75 Å². The molecule has 12 nitrogen and oxygen atoms in total. The van der Waals surface area contributed by atoms with Gasteiger partial charge in [-0.3, -0.25) is 0 Å². The lowest BCUT2D eigenvalue weighted by atomic mass is 9.88. The highest BCUT2D eigenvalue weighted by atomic mass is 16.5. The fourth-order valence-electron chi connectivity index (χ4n) is 4.63.